The number of rotatable bonds is 5. The van der Waals surface area contributed by atoms with Crippen molar-refractivity contribution in [2.24, 2.45) is 5.41 Å². The number of hydrogen-bond donors (Lipinski definition) is 0. The normalized spacial score (nSPS) is 20.5. The first-order valence-electron chi connectivity index (χ1n) is 4.58. The topological polar surface area (TPSA) is 0 Å². The largest absolute Gasteiger partial charge is 0.103 e. The molecule has 0 aromatic carbocycles. The van der Waals surface area contributed by atoms with Gasteiger partial charge in [0.05, 0.1) is 0 Å². The Labute approximate surface area is 70.0 Å². The van der Waals surface area contributed by atoms with Crippen LogP contribution in [0.25, 0.3) is 0 Å². The van der Waals surface area contributed by atoms with Crippen LogP contribution in [0.15, 0.2) is 24.8 Å². The lowest BCUT2D eigenvalue weighted by Gasteiger charge is -2.07. The summed E-state index contributed by atoms with van der Waals surface area (Å²) in [5.74, 6) is 0. The summed E-state index contributed by atoms with van der Waals surface area (Å²) in [6.07, 6.45) is 13.3. The van der Waals surface area contributed by atoms with Crippen molar-refractivity contribution in [3.8, 4) is 0 Å². The summed E-state index contributed by atoms with van der Waals surface area (Å²) in [6, 6.07) is 0. The second-order valence-electron chi connectivity index (χ2n) is 3.54. The van der Waals surface area contributed by atoms with Crippen molar-refractivity contribution in [2.75, 3.05) is 0 Å². The van der Waals surface area contributed by atoms with E-state index in [2.05, 4.69) is 25.7 Å². The van der Waals surface area contributed by atoms with E-state index in [4.69, 9.17) is 0 Å². The van der Waals surface area contributed by atoms with E-state index in [1.807, 2.05) is 6.08 Å². The molecule has 62 valence electrons. The molecular formula is C11H18. The number of unbranched alkanes of at least 4 members (excludes halogenated alkanes) is 1. The maximum atomic E-state index is 3.73. The van der Waals surface area contributed by atoms with Crippen molar-refractivity contribution in [1.29, 1.82) is 0 Å². The lowest BCUT2D eigenvalue weighted by Crippen LogP contribution is -1.93. The van der Waals surface area contributed by atoms with Gasteiger partial charge in [0.25, 0.3) is 0 Å². The van der Waals surface area contributed by atoms with Gasteiger partial charge in [0.1, 0.15) is 0 Å². The summed E-state index contributed by atoms with van der Waals surface area (Å²) < 4.78 is 0. The second-order valence-corrected chi connectivity index (χ2v) is 3.54. The van der Waals surface area contributed by atoms with Crippen LogP contribution in [0.4, 0.5) is 0 Å². The molecule has 0 spiro atoms. The van der Waals surface area contributed by atoms with Gasteiger partial charge in [-0.1, -0.05) is 18.2 Å². The first-order valence-corrected chi connectivity index (χ1v) is 4.58. The number of hydrogen-bond acceptors (Lipinski definition) is 0. The van der Waals surface area contributed by atoms with Gasteiger partial charge in [-0.25, -0.2) is 0 Å². The van der Waals surface area contributed by atoms with Crippen molar-refractivity contribution < 1.29 is 0 Å². The maximum absolute atomic E-state index is 3.73. The van der Waals surface area contributed by atoms with Gasteiger partial charge < -0.3 is 0 Å². The molecule has 0 nitrogen and oxygen atoms in total. The van der Waals surface area contributed by atoms with Crippen LogP contribution in [0.3, 0.4) is 0 Å². The lowest BCUT2D eigenvalue weighted by atomic mass is 9.98. The van der Waals surface area contributed by atoms with E-state index in [1.165, 1.54) is 32.1 Å². The molecule has 0 bridgehead atoms. The van der Waals surface area contributed by atoms with Crippen molar-refractivity contribution in [3.63, 3.8) is 0 Å². The Kier molecular flexibility index (Phi) is 2.92. The van der Waals surface area contributed by atoms with Gasteiger partial charge in [-0.15, -0.1) is 6.58 Å². The predicted octanol–water partition coefficient (Wildman–Crippen LogP) is 3.70. The van der Waals surface area contributed by atoms with Crippen molar-refractivity contribution in [1.82, 2.24) is 0 Å². The highest BCUT2D eigenvalue weighted by atomic mass is 14.4. The average molecular weight is 150 g/mol. The molecule has 0 heterocycles. The molecule has 0 aromatic rings. The van der Waals surface area contributed by atoms with Crippen LogP contribution in [0, 0.1) is 5.41 Å². The molecule has 0 saturated heterocycles. The predicted molar refractivity (Wildman–Crippen MR) is 50.5 cm³/mol. The van der Waals surface area contributed by atoms with Gasteiger partial charge in [0, 0.05) is 0 Å². The highest BCUT2D eigenvalue weighted by Crippen LogP contribution is 2.51. The molecule has 0 radical (unpaired) electrons. The third kappa shape index (κ3) is 2.53. The lowest BCUT2D eigenvalue weighted by molar-refractivity contribution is 0.555. The molecule has 0 unspecified atom stereocenters. The minimum atomic E-state index is 0.623. The van der Waals surface area contributed by atoms with Gasteiger partial charge in [-0.2, -0.15) is 0 Å². The van der Waals surface area contributed by atoms with Crippen LogP contribution in [-0.2, 0) is 0 Å². The fraction of sp³-hybridized carbons (Fsp3) is 0.636. The van der Waals surface area contributed by atoms with Crippen LogP contribution in [0.2, 0.25) is 0 Å². The van der Waals surface area contributed by atoms with Crippen LogP contribution in [0.5, 0.6) is 0 Å². The molecule has 0 heteroatoms. The van der Waals surface area contributed by atoms with Crippen LogP contribution < -0.4 is 0 Å². The van der Waals surface area contributed by atoms with E-state index in [-0.39, 0.29) is 0 Å². The minimum Gasteiger partial charge on any atom is -0.103 e. The Morgan fingerprint density at radius 3 is 2.64 bits per heavy atom. The third-order valence-electron chi connectivity index (χ3n) is 2.50. The van der Waals surface area contributed by atoms with E-state index in [9.17, 15) is 0 Å². The average Bonchev–Trinajstić information content (AvgIpc) is 2.71. The molecule has 1 saturated carbocycles. The Morgan fingerprint density at radius 1 is 1.45 bits per heavy atom. The zero-order valence-electron chi connectivity index (χ0n) is 7.47. The van der Waals surface area contributed by atoms with E-state index in [0.29, 0.717) is 5.41 Å². The van der Waals surface area contributed by atoms with Gasteiger partial charge in [0.15, 0.2) is 0 Å². The Morgan fingerprint density at radius 2 is 2.18 bits per heavy atom. The van der Waals surface area contributed by atoms with Crippen LogP contribution in [-0.4, -0.2) is 0 Å². The standard InChI is InChI=1S/C11H18/c1-3-5-6-8-11(7-4-2)9-10-11/h3-4,7H,1,5-6,8-10H2,2H3. The maximum Gasteiger partial charge on any atom is -0.0118 e. The van der Waals surface area contributed by atoms with Crippen molar-refractivity contribution in [2.45, 2.75) is 39.0 Å². The summed E-state index contributed by atoms with van der Waals surface area (Å²) in [5, 5.41) is 0. The highest BCUT2D eigenvalue weighted by molar-refractivity contribution is 5.08. The SMILES string of the molecule is C=CCCCC1(C=CC)CC1. The molecule has 0 N–H and O–H groups in total. The smallest absolute Gasteiger partial charge is 0.0118 e. The molecule has 1 rings (SSSR count). The zero-order chi connectivity index (χ0) is 8.16. The van der Waals surface area contributed by atoms with Gasteiger partial charge in [0.2, 0.25) is 0 Å². The molecule has 0 aromatic heterocycles. The molecule has 0 atom stereocenters. The molecular weight excluding hydrogens is 132 g/mol. The minimum absolute atomic E-state index is 0.623. The molecule has 0 amide bonds. The van der Waals surface area contributed by atoms with Crippen molar-refractivity contribution in [3.05, 3.63) is 24.8 Å². The van der Waals surface area contributed by atoms with E-state index >= 15 is 0 Å². The van der Waals surface area contributed by atoms with Gasteiger partial charge in [-0.3, -0.25) is 0 Å². The third-order valence-corrected chi connectivity index (χ3v) is 2.50. The molecule has 1 aliphatic rings. The fourth-order valence-electron chi connectivity index (χ4n) is 1.61. The molecule has 0 aliphatic heterocycles. The van der Waals surface area contributed by atoms with E-state index < -0.39 is 0 Å². The Bertz CT molecular complexity index is 149. The summed E-state index contributed by atoms with van der Waals surface area (Å²) >= 11 is 0. The van der Waals surface area contributed by atoms with Crippen molar-refractivity contribution >= 4 is 0 Å². The summed E-state index contributed by atoms with van der Waals surface area (Å²) in [6.45, 7) is 5.85. The number of allylic oxidation sites excluding steroid dienone is 3. The Balaban J connectivity index is 2.19. The first-order chi connectivity index (χ1) is 5.33. The zero-order valence-corrected chi connectivity index (χ0v) is 7.47. The summed E-state index contributed by atoms with van der Waals surface area (Å²) in [4.78, 5) is 0. The van der Waals surface area contributed by atoms with Crippen LogP contribution in [0.1, 0.15) is 39.0 Å². The molecule has 1 fully saturated rings. The second kappa shape index (κ2) is 3.75. The fourth-order valence-corrected chi connectivity index (χ4v) is 1.61. The highest BCUT2D eigenvalue weighted by Gasteiger charge is 2.38. The first kappa shape index (κ1) is 8.58. The molecule has 1 aliphatic carbocycles. The van der Waals surface area contributed by atoms with E-state index in [1.54, 1.807) is 0 Å². The van der Waals surface area contributed by atoms with Crippen LogP contribution >= 0.6 is 0 Å². The molecule has 11 heavy (non-hydrogen) atoms. The Hall–Kier alpha value is -0.520. The summed E-state index contributed by atoms with van der Waals surface area (Å²) in [7, 11) is 0. The quantitative estimate of drug-likeness (QED) is 0.414. The van der Waals surface area contributed by atoms with Gasteiger partial charge >= 0.3 is 0 Å². The van der Waals surface area contributed by atoms with Gasteiger partial charge in [-0.05, 0) is 44.4 Å². The summed E-state index contributed by atoms with van der Waals surface area (Å²) in [5.41, 5.74) is 0.623. The van der Waals surface area contributed by atoms with E-state index in [0.717, 1.165) is 0 Å². The monoisotopic (exact) mass is 150 g/mol.